The lowest BCUT2D eigenvalue weighted by atomic mass is 10.0. The van der Waals surface area contributed by atoms with Crippen LogP contribution in [0.4, 0.5) is 17.6 Å². The van der Waals surface area contributed by atoms with Gasteiger partial charge >= 0.3 is 6.11 Å². The van der Waals surface area contributed by atoms with E-state index in [9.17, 15) is 17.6 Å². The number of hydrogen-bond acceptors (Lipinski definition) is 2. The molecule has 0 atom stereocenters. The molecule has 0 aromatic heterocycles. The highest BCUT2D eigenvalue weighted by Crippen LogP contribution is 2.28. The highest BCUT2D eigenvalue weighted by atomic mass is 19.3. The van der Waals surface area contributed by atoms with Crippen molar-refractivity contribution in [2.24, 2.45) is 0 Å². The lowest BCUT2D eigenvalue weighted by Crippen LogP contribution is -2.25. The molecule has 2 nitrogen and oxygen atoms in total. The number of nitriles is 1. The van der Waals surface area contributed by atoms with E-state index in [0.29, 0.717) is 12.1 Å². The Balaban J connectivity index is 2.01. The third-order valence-corrected chi connectivity index (χ3v) is 3.66. The van der Waals surface area contributed by atoms with E-state index < -0.39 is 35.5 Å². The summed E-state index contributed by atoms with van der Waals surface area (Å²) in [5, 5.41) is 8.57. The second-order valence-corrected chi connectivity index (χ2v) is 5.68. The standard InChI is InChI=1S/C19H17F4NO/c1-2-3-13-4-6-14(7-5-13)8-9-19(22,23)25-15-10-17(20)16(12-24)18(21)11-15/h4-7,10-11H,2-3,8-9H2,1H3. The molecule has 25 heavy (non-hydrogen) atoms. The van der Waals surface area contributed by atoms with Gasteiger partial charge < -0.3 is 4.74 Å². The van der Waals surface area contributed by atoms with Gasteiger partial charge in [-0.2, -0.15) is 14.0 Å². The summed E-state index contributed by atoms with van der Waals surface area (Å²) in [6.07, 6.45) is -2.24. The van der Waals surface area contributed by atoms with Gasteiger partial charge in [-0.25, -0.2) is 8.78 Å². The first-order chi connectivity index (χ1) is 11.8. The summed E-state index contributed by atoms with van der Waals surface area (Å²) >= 11 is 0. The van der Waals surface area contributed by atoms with Crippen molar-refractivity contribution in [1.29, 1.82) is 5.26 Å². The largest absolute Gasteiger partial charge is 0.432 e. The molecule has 0 spiro atoms. The van der Waals surface area contributed by atoms with Crippen LogP contribution in [0, 0.1) is 23.0 Å². The summed E-state index contributed by atoms with van der Waals surface area (Å²) in [4.78, 5) is 0. The zero-order chi connectivity index (χ0) is 18.4. The van der Waals surface area contributed by atoms with E-state index in [1.54, 1.807) is 12.1 Å². The van der Waals surface area contributed by atoms with Gasteiger partial charge in [-0.3, -0.25) is 0 Å². The Morgan fingerprint density at radius 1 is 1.00 bits per heavy atom. The fourth-order valence-corrected chi connectivity index (χ4v) is 2.39. The maximum absolute atomic E-state index is 13.9. The zero-order valence-electron chi connectivity index (χ0n) is 13.7. The monoisotopic (exact) mass is 351 g/mol. The van der Waals surface area contributed by atoms with Crippen molar-refractivity contribution >= 4 is 0 Å². The molecule has 0 aliphatic carbocycles. The van der Waals surface area contributed by atoms with Crippen LogP contribution in [0.15, 0.2) is 36.4 Å². The molecule has 0 bridgehead atoms. The van der Waals surface area contributed by atoms with Crippen molar-refractivity contribution in [3.05, 3.63) is 64.7 Å². The molecule has 2 aromatic carbocycles. The van der Waals surface area contributed by atoms with Gasteiger partial charge in [-0.15, -0.1) is 0 Å². The minimum absolute atomic E-state index is 0.0562. The van der Waals surface area contributed by atoms with Crippen LogP contribution < -0.4 is 4.74 Å². The zero-order valence-corrected chi connectivity index (χ0v) is 13.7. The van der Waals surface area contributed by atoms with E-state index in [4.69, 9.17) is 5.26 Å². The quantitative estimate of drug-likeness (QED) is 0.626. The molecule has 0 aliphatic heterocycles. The fraction of sp³-hybridized carbons (Fsp3) is 0.316. The highest BCUT2D eigenvalue weighted by Gasteiger charge is 2.31. The van der Waals surface area contributed by atoms with Crippen LogP contribution >= 0.6 is 0 Å². The number of aryl methyl sites for hydroxylation is 2. The van der Waals surface area contributed by atoms with E-state index in [1.165, 1.54) is 6.07 Å². The summed E-state index contributed by atoms with van der Waals surface area (Å²) in [7, 11) is 0. The van der Waals surface area contributed by atoms with E-state index in [2.05, 4.69) is 11.7 Å². The van der Waals surface area contributed by atoms with Gasteiger partial charge in [0.2, 0.25) is 0 Å². The van der Waals surface area contributed by atoms with Crippen LogP contribution in [-0.4, -0.2) is 6.11 Å². The summed E-state index contributed by atoms with van der Waals surface area (Å²) in [6, 6.07) is 9.82. The Morgan fingerprint density at radius 3 is 2.00 bits per heavy atom. The Labute approximate surface area is 143 Å². The van der Waals surface area contributed by atoms with Gasteiger partial charge in [0.05, 0.1) is 6.42 Å². The smallest absolute Gasteiger partial charge is 0.398 e. The van der Waals surface area contributed by atoms with Gasteiger partial charge in [0, 0.05) is 12.1 Å². The molecule has 6 heteroatoms. The number of ether oxygens (including phenoxy) is 1. The second kappa shape index (κ2) is 8.02. The third kappa shape index (κ3) is 5.21. The van der Waals surface area contributed by atoms with Crippen molar-refractivity contribution in [3.8, 4) is 11.8 Å². The molecule has 0 radical (unpaired) electrons. The summed E-state index contributed by atoms with van der Waals surface area (Å²) in [5.41, 5.74) is 1.03. The average molecular weight is 351 g/mol. The predicted octanol–water partition coefficient (Wildman–Crippen LogP) is 5.39. The normalized spacial score (nSPS) is 11.2. The Morgan fingerprint density at radius 2 is 1.52 bits per heavy atom. The molecule has 2 rings (SSSR count). The fourth-order valence-electron chi connectivity index (χ4n) is 2.39. The molecule has 0 amide bonds. The van der Waals surface area contributed by atoms with Crippen LogP contribution in [0.5, 0.6) is 5.75 Å². The molecule has 0 saturated carbocycles. The lowest BCUT2D eigenvalue weighted by molar-refractivity contribution is -0.180. The predicted molar refractivity (Wildman–Crippen MR) is 85.4 cm³/mol. The van der Waals surface area contributed by atoms with E-state index in [0.717, 1.165) is 24.0 Å². The Kier molecular flexibility index (Phi) is 6.02. The lowest BCUT2D eigenvalue weighted by Gasteiger charge is -2.18. The maximum atomic E-state index is 13.9. The molecule has 0 fully saturated rings. The van der Waals surface area contributed by atoms with Crippen LogP contribution in [-0.2, 0) is 12.8 Å². The van der Waals surface area contributed by atoms with Crippen molar-refractivity contribution in [1.82, 2.24) is 0 Å². The maximum Gasteiger partial charge on any atom is 0.398 e. The Bertz CT molecular complexity index is 743. The molecule has 0 N–H and O–H groups in total. The molecule has 0 unspecified atom stereocenters. The molecular formula is C19H17F4NO. The summed E-state index contributed by atoms with van der Waals surface area (Å²) in [5.74, 6) is -3.13. The van der Waals surface area contributed by atoms with Crippen LogP contribution in [0.3, 0.4) is 0 Å². The minimum atomic E-state index is -3.59. The van der Waals surface area contributed by atoms with Crippen LogP contribution in [0.25, 0.3) is 0 Å². The summed E-state index contributed by atoms with van der Waals surface area (Å²) < 4.78 is 59.1. The molecule has 0 aliphatic rings. The van der Waals surface area contributed by atoms with Gasteiger partial charge in [0.15, 0.2) is 0 Å². The number of rotatable bonds is 7. The third-order valence-electron chi connectivity index (χ3n) is 3.66. The Hall–Kier alpha value is -2.55. The number of halogens is 4. The van der Waals surface area contributed by atoms with E-state index in [1.807, 2.05) is 12.1 Å². The topological polar surface area (TPSA) is 33.0 Å². The van der Waals surface area contributed by atoms with E-state index >= 15 is 0 Å². The first-order valence-corrected chi connectivity index (χ1v) is 7.88. The molecule has 2 aromatic rings. The number of nitrogens with zero attached hydrogens (tertiary/aromatic N) is 1. The molecule has 0 saturated heterocycles. The molecular weight excluding hydrogens is 334 g/mol. The summed E-state index contributed by atoms with van der Waals surface area (Å²) in [6.45, 7) is 2.06. The number of benzene rings is 2. The van der Waals surface area contributed by atoms with E-state index in [-0.39, 0.29) is 6.42 Å². The van der Waals surface area contributed by atoms with Gasteiger partial charge in [-0.05, 0) is 24.0 Å². The molecule has 132 valence electrons. The minimum Gasteiger partial charge on any atom is -0.432 e. The van der Waals surface area contributed by atoms with Crippen molar-refractivity contribution in [2.75, 3.05) is 0 Å². The second-order valence-electron chi connectivity index (χ2n) is 5.68. The van der Waals surface area contributed by atoms with Crippen molar-refractivity contribution in [3.63, 3.8) is 0 Å². The van der Waals surface area contributed by atoms with Crippen LogP contribution in [0.1, 0.15) is 36.5 Å². The average Bonchev–Trinajstić information content (AvgIpc) is 2.54. The number of hydrogen-bond donors (Lipinski definition) is 0. The highest BCUT2D eigenvalue weighted by molar-refractivity contribution is 5.38. The van der Waals surface area contributed by atoms with Crippen molar-refractivity contribution in [2.45, 2.75) is 38.7 Å². The van der Waals surface area contributed by atoms with Gasteiger partial charge in [0.1, 0.15) is 29.0 Å². The van der Waals surface area contributed by atoms with Crippen LogP contribution in [0.2, 0.25) is 0 Å². The SMILES string of the molecule is CCCc1ccc(CCC(F)(F)Oc2cc(F)c(C#N)c(F)c2)cc1. The first kappa shape index (κ1) is 18.8. The van der Waals surface area contributed by atoms with Crippen molar-refractivity contribution < 1.29 is 22.3 Å². The first-order valence-electron chi connectivity index (χ1n) is 7.88. The number of alkyl halides is 2. The van der Waals surface area contributed by atoms with Gasteiger partial charge in [0.25, 0.3) is 0 Å². The molecule has 0 heterocycles. The van der Waals surface area contributed by atoms with Gasteiger partial charge in [-0.1, -0.05) is 37.6 Å².